The van der Waals surface area contributed by atoms with Crippen molar-refractivity contribution in [2.75, 3.05) is 6.54 Å². The van der Waals surface area contributed by atoms with Crippen molar-refractivity contribution in [1.82, 2.24) is 25.3 Å². The lowest BCUT2D eigenvalue weighted by Gasteiger charge is -2.15. The van der Waals surface area contributed by atoms with Crippen molar-refractivity contribution in [2.24, 2.45) is 0 Å². The third-order valence-electron chi connectivity index (χ3n) is 5.48. The number of H-pyrrole nitrogens is 1. The van der Waals surface area contributed by atoms with Gasteiger partial charge >= 0.3 is 0 Å². The zero-order chi connectivity index (χ0) is 24.0. The molecule has 2 heterocycles. The van der Waals surface area contributed by atoms with Crippen LogP contribution in [0.2, 0.25) is 0 Å². The number of aliphatic hydroxyl groups excluding tert-OH is 1. The molecule has 5 rings (SSSR count). The van der Waals surface area contributed by atoms with Crippen LogP contribution in [-0.2, 0) is 6.42 Å². The van der Waals surface area contributed by atoms with Crippen LogP contribution in [0.15, 0.2) is 91.3 Å². The van der Waals surface area contributed by atoms with Crippen LogP contribution in [0.4, 0.5) is 0 Å². The van der Waals surface area contributed by atoms with Crippen LogP contribution < -0.4 is 10.1 Å². The molecule has 35 heavy (non-hydrogen) atoms. The van der Waals surface area contributed by atoms with Crippen LogP contribution in [-0.4, -0.2) is 37.4 Å². The Labute approximate surface area is 201 Å². The van der Waals surface area contributed by atoms with Gasteiger partial charge in [-0.15, -0.1) is 0 Å². The molecule has 8 nitrogen and oxygen atoms in total. The zero-order valence-corrected chi connectivity index (χ0v) is 18.8. The van der Waals surface area contributed by atoms with Crippen molar-refractivity contribution in [3.8, 4) is 11.6 Å². The summed E-state index contributed by atoms with van der Waals surface area (Å²) in [5.41, 5.74) is 3.46. The van der Waals surface area contributed by atoms with Gasteiger partial charge in [-0.05, 0) is 48.4 Å². The first kappa shape index (κ1) is 22.4. The fourth-order valence-corrected chi connectivity index (χ4v) is 3.68. The number of benzene rings is 3. The Kier molecular flexibility index (Phi) is 6.56. The van der Waals surface area contributed by atoms with E-state index >= 15 is 0 Å². The Morgan fingerprint density at radius 1 is 0.943 bits per heavy atom. The second-order valence-electron chi connectivity index (χ2n) is 7.90. The average Bonchev–Trinajstić information content (AvgIpc) is 3.34. The molecule has 0 aliphatic rings. The van der Waals surface area contributed by atoms with E-state index in [1.165, 1.54) is 18.0 Å². The fourth-order valence-electron chi connectivity index (χ4n) is 3.68. The number of para-hydroxylation sites is 2. The number of aromatic amines is 1. The maximum atomic E-state index is 12.8. The van der Waals surface area contributed by atoms with Gasteiger partial charge in [0.25, 0.3) is 0 Å². The molecular weight excluding hydrogens is 442 g/mol. The number of nitrogens with zero attached hydrogens (tertiary/aromatic N) is 3. The van der Waals surface area contributed by atoms with E-state index in [0.717, 1.165) is 17.5 Å². The number of aromatic nitrogens is 4. The van der Waals surface area contributed by atoms with E-state index in [1.54, 1.807) is 24.3 Å². The molecule has 0 spiro atoms. The van der Waals surface area contributed by atoms with Crippen molar-refractivity contribution in [3.05, 3.63) is 114 Å². The van der Waals surface area contributed by atoms with Crippen LogP contribution in [0.3, 0.4) is 0 Å². The van der Waals surface area contributed by atoms with E-state index in [1.807, 2.05) is 54.6 Å². The summed E-state index contributed by atoms with van der Waals surface area (Å²) in [6.07, 6.45) is 2.71. The smallest absolute Gasteiger partial charge is 0.245 e. The molecule has 0 aliphatic carbocycles. The molecule has 0 saturated carbocycles. The van der Waals surface area contributed by atoms with E-state index in [-0.39, 0.29) is 23.2 Å². The van der Waals surface area contributed by atoms with Gasteiger partial charge in [-0.25, -0.2) is 15.0 Å². The van der Waals surface area contributed by atoms with Crippen molar-refractivity contribution in [2.45, 2.75) is 12.6 Å². The van der Waals surface area contributed by atoms with E-state index < -0.39 is 6.23 Å². The highest BCUT2D eigenvalue weighted by molar-refractivity contribution is 6.08. The normalized spacial score (nSPS) is 11.9. The Morgan fingerprint density at radius 3 is 2.49 bits per heavy atom. The second-order valence-corrected chi connectivity index (χ2v) is 7.90. The monoisotopic (exact) mass is 465 g/mol. The summed E-state index contributed by atoms with van der Waals surface area (Å²) in [5, 5.41) is 13.7. The lowest BCUT2D eigenvalue weighted by Crippen LogP contribution is -2.24. The predicted molar refractivity (Wildman–Crippen MR) is 131 cm³/mol. The zero-order valence-electron chi connectivity index (χ0n) is 18.8. The number of fused-ring (bicyclic) bond motifs is 1. The van der Waals surface area contributed by atoms with E-state index in [9.17, 15) is 9.90 Å². The third kappa shape index (κ3) is 5.24. The Bertz CT molecular complexity index is 1400. The summed E-state index contributed by atoms with van der Waals surface area (Å²) in [6, 6.07) is 24.2. The van der Waals surface area contributed by atoms with Crippen molar-refractivity contribution in [3.63, 3.8) is 0 Å². The molecule has 0 amide bonds. The summed E-state index contributed by atoms with van der Waals surface area (Å²) < 4.78 is 5.88. The molecular formula is C27H23N5O3. The molecule has 3 aromatic carbocycles. The summed E-state index contributed by atoms with van der Waals surface area (Å²) in [4.78, 5) is 28.7. The number of carbonyl (C=O) groups excluding carboxylic acids is 1. The van der Waals surface area contributed by atoms with Gasteiger partial charge in [0.1, 0.15) is 11.4 Å². The average molecular weight is 466 g/mol. The van der Waals surface area contributed by atoms with Crippen LogP contribution in [0.1, 0.15) is 33.7 Å². The number of ether oxygens (including phenoxy) is 1. The van der Waals surface area contributed by atoms with Gasteiger partial charge < -0.3 is 14.8 Å². The summed E-state index contributed by atoms with van der Waals surface area (Å²) in [6.45, 7) is 0.555. The Hall–Kier alpha value is -4.40. The fraction of sp³-hybridized carbons (Fsp3) is 0.111. The summed E-state index contributed by atoms with van der Waals surface area (Å²) >= 11 is 0. The molecule has 0 radical (unpaired) electrons. The number of hydrogen-bond acceptors (Lipinski definition) is 7. The molecule has 5 aromatic rings. The maximum Gasteiger partial charge on any atom is 0.245 e. The molecule has 0 aliphatic heterocycles. The minimum Gasteiger partial charge on any atom is -0.437 e. The van der Waals surface area contributed by atoms with Crippen LogP contribution in [0.25, 0.3) is 11.0 Å². The minimum absolute atomic E-state index is 0.184. The van der Waals surface area contributed by atoms with Gasteiger partial charge in [-0.3, -0.25) is 10.1 Å². The number of imidazole rings is 1. The Balaban J connectivity index is 1.25. The van der Waals surface area contributed by atoms with E-state index in [0.29, 0.717) is 17.9 Å². The van der Waals surface area contributed by atoms with Gasteiger partial charge in [-0.2, -0.15) is 0 Å². The highest BCUT2D eigenvalue weighted by Gasteiger charge is 2.18. The van der Waals surface area contributed by atoms with Crippen LogP contribution in [0.5, 0.6) is 11.6 Å². The first-order chi connectivity index (χ1) is 17.2. The maximum absolute atomic E-state index is 12.8. The van der Waals surface area contributed by atoms with Gasteiger partial charge in [-0.1, -0.05) is 42.5 Å². The highest BCUT2D eigenvalue weighted by atomic mass is 16.5. The van der Waals surface area contributed by atoms with E-state index in [4.69, 9.17) is 4.74 Å². The molecule has 0 saturated heterocycles. The lowest BCUT2D eigenvalue weighted by atomic mass is 10.1. The molecule has 8 heteroatoms. The topological polar surface area (TPSA) is 113 Å². The van der Waals surface area contributed by atoms with Gasteiger partial charge in [0, 0.05) is 24.5 Å². The molecule has 3 N–H and O–H groups in total. The second kappa shape index (κ2) is 10.3. The molecule has 0 bridgehead atoms. The molecule has 174 valence electrons. The van der Waals surface area contributed by atoms with Crippen molar-refractivity contribution in [1.29, 1.82) is 0 Å². The number of rotatable bonds is 9. The van der Waals surface area contributed by atoms with E-state index in [2.05, 4.69) is 25.3 Å². The number of hydrogen-bond donors (Lipinski definition) is 3. The Morgan fingerprint density at radius 2 is 1.69 bits per heavy atom. The molecule has 1 unspecified atom stereocenters. The lowest BCUT2D eigenvalue weighted by molar-refractivity contribution is 0.103. The number of ketones is 1. The molecule has 1 atom stereocenters. The molecule has 2 aromatic heterocycles. The first-order valence-electron chi connectivity index (χ1n) is 11.2. The summed E-state index contributed by atoms with van der Waals surface area (Å²) in [5.74, 6) is 0.708. The van der Waals surface area contributed by atoms with Crippen LogP contribution >= 0.6 is 0 Å². The predicted octanol–water partition coefficient (Wildman–Crippen LogP) is 4.20. The minimum atomic E-state index is -1.05. The number of nitrogens with one attached hydrogen (secondary N) is 2. The van der Waals surface area contributed by atoms with Gasteiger partial charge in [0.15, 0.2) is 12.1 Å². The number of carbonyl (C=O) groups is 1. The summed E-state index contributed by atoms with van der Waals surface area (Å²) in [7, 11) is 0. The third-order valence-corrected chi connectivity index (χ3v) is 5.48. The largest absolute Gasteiger partial charge is 0.437 e. The molecule has 0 fully saturated rings. The van der Waals surface area contributed by atoms with Crippen molar-refractivity contribution < 1.29 is 14.6 Å². The number of aliphatic hydroxyl groups is 1. The van der Waals surface area contributed by atoms with Gasteiger partial charge in [0.05, 0.1) is 11.0 Å². The van der Waals surface area contributed by atoms with Crippen molar-refractivity contribution >= 4 is 16.8 Å². The van der Waals surface area contributed by atoms with Gasteiger partial charge in [0.2, 0.25) is 11.7 Å². The van der Waals surface area contributed by atoms with Crippen LogP contribution in [0, 0.1) is 0 Å². The first-order valence-corrected chi connectivity index (χ1v) is 11.2. The SMILES string of the molecule is O=C(c1ccc(Oc2nccnc2C(O)NCCc2ccccc2)cc1)c1nc2ccccc2[nH]1. The highest BCUT2D eigenvalue weighted by Crippen LogP contribution is 2.25. The quantitative estimate of drug-likeness (QED) is 0.221. The standard InChI is InChI=1S/C27H23N5O3/c33-24(25-31-21-8-4-5-9-22(21)32-25)19-10-12-20(13-11-19)35-27-23(28-16-17-30-27)26(34)29-15-14-18-6-2-1-3-7-18/h1-13,16-17,26,29,34H,14-15H2,(H,31,32).